The molecule has 1 fully saturated rings. The molecule has 0 unspecified atom stereocenters. The van der Waals surface area contributed by atoms with Crippen LogP contribution in [0, 0.1) is 5.92 Å². The van der Waals surface area contributed by atoms with E-state index in [0.717, 1.165) is 24.9 Å². The maximum atomic E-state index is 12.9. The van der Waals surface area contributed by atoms with Crippen LogP contribution in [0.2, 0.25) is 0 Å². The first-order valence-corrected chi connectivity index (χ1v) is 9.49. The summed E-state index contributed by atoms with van der Waals surface area (Å²) in [5, 5.41) is 3.19. The molecule has 2 aromatic carbocycles. The highest BCUT2D eigenvalue weighted by Crippen LogP contribution is 2.34. The Bertz CT molecular complexity index is 864. The number of amides is 2. The predicted octanol–water partition coefficient (Wildman–Crippen LogP) is 3.24. The van der Waals surface area contributed by atoms with Crippen molar-refractivity contribution in [2.75, 3.05) is 18.6 Å². The zero-order valence-electron chi connectivity index (χ0n) is 15.5. The molecule has 5 heteroatoms. The lowest BCUT2D eigenvalue weighted by molar-refractivity contribution is -0.127. The Morgan fingerprint density at radius 1 is 1.15 bits per heavy atom. The van der Waals surface area contributed by atoms with Gasteiger partial charge in [0.25, 0.3) is 0 Å². The van der Waals surface area contributed by atoms with E-state index in [1.54, 1.807) is 12.0 Å². The topological polar surface area (TPSA) is 58.6 Å². The number of aryl methyl sites for hydroxylation is 1. The van der Waals surface area contributed by atoms with Gasteiger partial charge in [-0.2, -0.15) is 0 Å². The third kappa shape index (κ3) is 3.42. The number of fused-ring (bicyclic) bond motifs is 1. The largest absolute Gasteiger partial charge is 0.495 e. The lowest BCUT2D eigenvalue weighted by atomic mass is 9.87. The smallest absolute Gasteiger partial charge is 0.227 e. The Kier molecular flexibility index (Phi) is 4.84. The maximum absolute atomic E-state index is 12.9. The van der Waals surface area contributed by atoms with Crippen LogP contribution in [0.15, 0.2) is 48.5 Å². The molecule has 140 valence electrons. The SMILES string of the molecule is COc1ccccc1N1C[C@H](C(=O)N[C@H]2CCCc3ccccc32)CC1=O. The molecule has 27 heavy (non-hydrogen) atoms. The van der Waals surface area contributed by atoms with Crippen molar-refractivity contribution in [3.63, 3.8) is 0 Å². The molecule has 2 atom stereocenters. The molecular formula is C22H24N2O3. The highest BCUT2D eigenvalue weighted by Gasteiger charge is 2.37. The van der Waals surface area contributed by atoms with Crippen molar-refractivity contribution in [1.82, 2.24) is 5.32 Å². The molecule has 1 N–H and O–H groups in total. The highest BCUT2D eigenvalue weighted by molar-refractivity contribution is 6.01. The maximum Gasteiger partial charge on any atom is 0.227 e. The standard InChI is InChI=1S/C22H24N2O3/c1-27-20-12-5-4-11-19(20)24-14-16(13-21(24)25)22(26)23-18-10-6-8-15-7-2-3-9-17(15)18/h2-5,7,9,11-12,16,18H,6,8,10,13-14H2,1H3,(H,23,26)/t16-,18+/m1/s1. The van der Waals surface area contributed by atoms with E-state index < -0.39 is 0 Å². The Hall–Kier alpha value is -2.82. The minimum atomic E-state index is -0.337. The molecule has 2 aromatic rings. The second-order valence-corrected chi connectivity index (χ2v) is 7.23. The van der Waals surface area contributed by atoms with Crippen LogP contribution in [0.25, 0.3) is 0 Å². The van der Waals surface area contributed by atoms with Crippen molar-refractivity contribution in [2.24, 2.45) is 5.92 Å². The Labute approximate surface area is 159 Å². The summed E-state index contributed by atoms with van der Waals surface area (Å²) in [5.74, 6) is 0.232. The second kappa shape index (κ2) is 7.43. The number of hydrogen-bond acceptors (Lipinski definition) is 3. The van der Waals surface area contributed by atoms with E-state index in [4.69, 9.17) is 4.74 Å². The van der Waals surface area contributed by atoms with E-state index >= 15 is 0 Å². The molecule has 4 rings (SSSR count). The number of hydrogen-bond donors (Lipinski definition) is 1. The summed E-state index contributed by atoms with van der Waals surface area (Å²) >= 11 is 0. The van der Waals surface area contributed by atoms with Gasteiger partial charge in [-0.25, -0.2) is 0 Å². The molecule has 1 heterocycles. The molecule has 0 radical (unpaired) electrons. The molecular weight excluding hydrogens is 340 g/mol. The van der Waals surface area contributed by atoms with Gasteiger partial charge in [-0.3, -0.25) is 9.59 Å². The fraction of sp³-hybridized carbons (Fsp3) is 0.364. The molecule has 0 saturated carbocycles. The first-order chi connectivity index (χ1) is 13.2. The van der Waals surface area contributed by atoms with E-state index in [9.17, 15) is 9.59 Å². The lowest BCUT2D eigenvalue weighted by Crippen LogP contribution is -2.36. The Balaban J connectivity index is 1.47. The zero-order valence-corrected chi connectivity index (χ0v) is 15.5. The molecule has 0 spiro atoms. The van der Waals surface area contributed by atoms with Crippen molar-refractivity contribution in [3.05, 3.63) is 59.7 Å². The number of ether oxygens (including phenoxy) is 1. The van der Waals surface area contributed by atoms with Gasteiger partial charge in [-0.15, -0.1) is 0 Å². The zero-order chi connectivity index (χ0) is 18.8. The molecule has 1 aliphatic heterocycles. The average Bonchev–Trinajstić information content (AvgIpc) is 3.10. The number of rotatable bonds is 4. The van der Waals surface area contributed by atoms with Crippen LogP contribution in [0.3, 0.4) is 0 Å². The number of anilines is 1. The first-order valence-electron chi connectivity index (χ1n) is 9.49. The monoisotopic (exact) mass is 364 g/mol. The summed E-state index contributed by atoms with van der Waals surface area (Å²) in [6, 6.07) is 15.8. The van der Waals surface area contributed by atoms with Gasteiger partial charge < -0.3 is 15.0 Å². The summed E-state index contributed by atoms with van der Waals surface area (Å²) in [4.78, 5) is 27.1. The van der Waals surface area contributed by atoms with Crippen molar-refractivity contribution in [3.8, 4) is 5.75 Å². The van der Waals surface area contributed by atoms with Gasteiger partial charge >= 0.3 is 0 Å². The van der Waals surface area contributed by atoms with Crippen LogP contribution < -0.4 is 15.0 Å². The van der Waals surface area contributed by atoms with Gasteiger partial charge in [-0.1, -0.05) is 36.4 Å². The van der Waals surface area contributed by atoms with Crippen LogP contribution in [-0.4, -0.2) is 25.5 Å². The third-order valence-corrected chi connectivity index (χ3v) is 5.56. The number of benzene rings is 2. The molecule has 1 aliphatic carbocycles. The van der Waals surface area contributed by atoms with E-state index in [1.165, 1.54) is 11.1 Å². The summed E-state index contributed by atoms with van der Waals surface area (Å²) in [6.45, 7) is 0.388. The van der Waals surface area contributed by atoms with Crippen molar-refractivity contribution >= 4 is 17.5 Å². The van der Waals surface area contributed by atoms with Gasteiger partial charge in [0.05, 0.1) is 24.8 Å². The molecule has 5 nitrogen and oxygen atoms in total. The molecule has 2 aliphatic rings. The minimum Gasteiger partial charge on any atom is -0.495 e. The number of carbonyl (C=O) groups is 2. The lowest BCUT2D eigenvalue weighted by Gasteiger charge is -2.27. The molecule has 0 bridgehead atoms. The van der Waals surface area contributed by atoms with Crippen LogP contribution in [0.4, 0.5) is 5.69 Å². The van der Waals surface area contributed by atoms with Crippen molar-refractivity contribution < 1.29 is 14.3 Å². The number of nitrogens with zero attached hydrogens (tertiary/aromatic N) is 1. The quantitative estimate of drug-likeness (QED) is 0.906. The fourth-order valence-electron chi connectivity index (χ4n) is 4.16. The first kappa shape index (κ1) is 17.6. The Morgan fingerprint density at radius 3 is 2.78 bits per heavy atom. The van der Waals surface area contributed by atoms with Crippen LogP contribution in [-0.2, 0) is 16.0 Å². The minimum absolute atomic E-state index is 0.0382. The van der Waals surface area contributed by atoms with Gasteiger partial charge in [0.1, 0.15) is 5.75 Å². The summed E-state index contributed by atoms with van der Waals surface area (Å²) in [6.07, 6.45) is 3.31. The van der Waals surface area contributed by atoms with Gasteiger partial charge in [0, 0.05) is 13.0 Å². The second-order valence-electron chi connectivity index (χ2n) is 7.23. The number of nitrogens with one attached hydrogen (secondary N) is 1. The van der Waals surface area contributed by atoms with Gasteiger partial charge in [-0.05, 0) is 42.5 Å². The molecule has 1 saturated heterocycles. The molecule has 0 aromatic heterocycles. The average molecular weight is 364 g/mol. The summed E-state index contributed by atoms with van der Waals surface area (Å²) < 4.78 is 5.37. The van der Waals surface area contributed by atoms with E-state index in [1.807, 2.05) is 36.4 Å². The van der Waals surface area contributed by atoms with Crippen molar-refractivity contribution in [2.45, 2.75) is 31.7 Å². The summed E-state index contributed by atoms with van der Waals surface area (Å²) in [5.41, 5.74) is 3.25. The van der Waals surface area contributed by atoms with Crippen LogP contribution in [0.5, 0.6) is 5.75 Å². The van der Waals surface area contributed by atoms with Gasteiger partial charge in [0.2, 0.25) is 11.8 Å². The number of methoxy groups -OCH3 is 1. The van der Waals surface area contributed by atoms with Gasteiger partial charge in [0.15, 0.2) is 0 Å². The summed E-state index contributed by atoms with van der Waals surface area (Å²) in [7, 11) is 1.59. The number of carbonyl (C=O) groups excluding carboxylic acids is 2. The number of para-hydroxylation sites is 2. The van der Waals surface area contributed by atoms with Crippen molar-refractivity contribution in [1.29, 1.82) is 0 Å². The predicted molar refractivity (Wildman–Crippen MR) is 104 cm³/mol. The highest BCUT2D eigenvalue weighted by atomic mass is 16.5. The van der Waals surface area contributed by atoms with E-state index in [-0.39, 0.29) is 30.2 Å². The normalized spacial score (nSPS) is 21.7. The Morgan fingerprint density at radius 2 is 1.93 bits per heavy atom. The fourth-order valence-corrected chi connectivity index (χ4v) is 4.16. The van der Waals surface area contributed by atoms with E-state index in [0.29, 0.717) is 12.3 Å². The van der Waals surface area contributed by atoms with Crippen LogP contribution in [0.1, 0.15) is 36.4 Å². The third-order valence-electron chi connectivity index (χ3n) is 5.56. The molecule has 2 amide bonds. The van der Waals surface area contributed by atoms with Crippen LogP contribution >= 0.6 is 0 Å². The van der Waals surface area contributed by atoms with E-state index in [2.05, 4.69) is 17.4 Å².